The van der Waals surface area contributed by atoms with Crippen molar-refractivity contribution in [3.8, 4) is 0 Å². The van der Waals surface area contributed by atoms with Crippen LogP contribution in [0.15, 0.2) is 24.3 Å². The van der Waals surface area contributed by atoms with E-state index >= 15 is 0 Å². The molecule has 0 radical (unpaired) electrons. The lowest BCUT2D eigenvalue weighted by Crippen LogP contribution is -2.28. The number of piperidine rings is 1. The van der Waals surface area contributed by atoms with Crippen molar-refractivity contribution in [1.82, 2.24) is 10.3 Å². The lowest BCUT2D eigenvalue weighted by Gasteiger charge is -2.22. The second kappa shape index (κ2) is 3.95. The maximum atomic E-state index is 3.59. The summed E-state index contributed by atoms with van der Waals surface area (Å²) in [5.74, 6) is 0.668. The van der Waals surface area contributed by atoms with Gasteiger partial charge in [0.2, 0.25) is 0 Å². The fourth-order valence-corrected chi connectivity index (χ4v) is 2.81. The van der Waals surface area contributed by atoms with Gasteiger partial charge in [-0.2, -0.15) is 0 Å². The first-order valence-corrected chi connectivity index (χ1v) is 6.14. The highest BCUT2D eigenvalue weighted by atomic mass is 14.9. The van der Waals surface area contributed by atoms with Gasteiger partial charge in [0, 0.05) is 29.1 Å². The van der Waals surface area contributed by atoms with Crippen LogP contribution in [0.1, 0.15) is 30.0 Å². The van der Waals surface area contributed by atoms with Crippen molar-refractivity contribution in [3.63, 3.8) is 0 Å². The van der Waals surface area contributed by atoms with Gasteiger partial charge in [-0.1, -0.05) is 18.2 Å². The lowest BCUT2D eigenvalue weighted by molar-refractivity contribution is 0.455. The lowest BCUT2D eigenvalue weighted by atomic mass is 9.93. The van der Waals surface area contributed by atoms with E-state index in [9.17, 15) is 0 Å². The Balaban J connectivity index is 2.05. The van der Waals surface area contributed by atoms with Gasteiger partial charge in [-0.05, 0) is 37.9 Å². The molecule has 2 heterocycles. The van der Waals surface area contributed by atoms with Crippen LogP contribution in [0.3, 0.4) is 0 Å². The summed E-state index contributed by atoms with van der Waals surface area (Å²) >= 11 is 0. The average Bonchev–Trinajstić information content (AvgIpc) is 2.69. The molecule has 1 fully saturated rings. The van der Waals surface area contributed by atoms with E-state index in [1.54, 1.807) is 0 Å². The highest BCUT2D eigenvalue weighted by Gasteiger charge is 2.19. The van der Waals surface area contributed by atoms with Crippen LogP contribution < -0.4 is 5.32 Å². The molecule has 1 aliphatic rings. The molecule has 16 heavy (non-hydrogen) atoms. The van der Waals surface area contributed by atoms with Crippen LogP contribution in [0.25, 0.3) is 10.9 Å². The summed E-state index contributed by atoms with van der Waals surface area (Å²) in [5, 5.41) is 4.86. The van der Waals surface area contributed by atoms with E-state index in [4.69, 9.17) is 0 Å². The fraction of sp³-hybridized carbons (Fsp3) is 0.429. The third-order valence-corrected chi connectivity index (χ3v) is 3.71. The van der Waals surface area contributed by atoms with Crippen LogP contribution in [0.4, 0.5) is 0 Å². The van der Waals surface area contributed by atoms with Gasteiger partial charge in [-0.15, -0.1) is 0 Å². The zero-order valence-electron chi connectivity index (χ0n) is 9.72. The van der Waals surface area contributed by atoms with Gasteiger partial charge < -0.3 is 10.3 Å². The van der Waals surface area contributed by atoms with E-state index in [2.05, 4.69) is 41.5 Å². The number of H-pyrrole nitrogens is 1. The summed E-state index contributed by atoms with van der Waals surface area (Å²) < 4.78 is 0. The smallest absolute Gasteiger partial charge is 0.0458 e. The van der Waals surface area contributed by atoms with Crippen molar-refractivity contribution in [2.45, 2.75) is 25.7 Å². The van der Waals surface area contributed by atoms with Gasteiger partial charge in [0.05, 0.1) is 0 Å². The Morgan fingerprint density at radius 2 is 2.12 bits per heavy atom. The Morgan fingerprint density at radius 1 is 1.25 bits per heavy atom. The molecular formula is C14H18N2. The SMILES string of the molecule is Cc1c([C@H]2CCCNC2)[nH]c2ccccc12. The zero-order valence-corrected chi connectivity index (χ0v) is 9.72. The first-order valence-electron chi connectivity index (χ1n) is 6.14. The van der Waals surface area contributed by atoms with Crippen LogP contribution in [0.5, 0.6) is 0 Å². The molecule has 2 heteroatoms. The third kappa shape index (κ3) is 1.54. The zero-order chi connectivity index (χ0) is 11.0. The van der Waals surface area contributed by atoms with E-state index in [0.717, 1.165) is 6.54 Å². The Bertz CT molecular complexity index is 492. The average molecular weight is 214 g/mol. The van der Waals surface area contributed by atoms with Crippen molar-refractivity contribution < 1.29 is 0 Å². The molecule has 1 atom stereocenters. The molecule has 1 saturated heterocycles. The molecule has 3 rings (SSSR count). The molecule has 0 spiro atoms. The topological polar surface area (TPSA) is 27.8 Å². The number of aromatic nitrogens is 1. The van der Waals surface area contributed by atoms with Gasteiger partial charge in [0.1, 0.15) is 0 Å². The van der Waals surface area contributed by atoms with E-state index in [0.29, 0.717) is 5.92 Å². The Kier molecular flexibility index (Phi) is 2.44. The first-order chi connectivity index (χ1) is 7.86. The Labute approximate surface area is 96.1 Å². The molecule has 0 amide bonds. The Hall–Kier alpha value is -1.28. The molecule has 2 nitrogen and oxygen atoms in total. The van der Waals surface area contributed by atoms with E-state index in [1.165, 1.54) is 41.5 Å². The summed E-state index contributed by atoms with van der Waals surface area (Å²) in [6.07, 6.45) is 2.60. The largest absolute Gasteiger partial charge is 0.358 e. The van der Waals surface area contributed by atoms with Crippen LogP contribution in [0, 0.1) is 6.92 Å². The number of benzene rings is 1. The molecule has 0 bridgehead atoms. The summed E-state index contributed by atoms with van der Waals surface area (Å²) in [6, 6.07) is 8.59. The molecule has 1 aliphatic heterocycles. The first kappa shape index (κ1) is 9.91. The van der Waals surface area contributed by atoms with Crippen molar-refractivity contribution in [2.24, 2.45) is 0 Å². The standard InChI is InChI=1S/C14H18N2/c1-10-12-6-2-3-7-13(12)16-14(10)11-5-4-8-15-9-11/h2-3,6-7,11,15-16H,4-5,8-9H2,1H3/t11-/m0/s1. The summed E-state index contributed by atoms with van der Waals surface area (Å²) in [4.78, 5) is 3.59. The van der Waals surface area contributed by atoms with E-state index in [1.807, 2.05) is 0 Å². The molecule has 0 unspecified atom stereocenters. The van der Waals surface area contributed by atoms with E-state index in [-0.39, 0.29) is 0 Å². The van der Waals surface area contributed by atoms with Gasteiger partial charge in [0.25, 0.3) is 0 Å². The Morgan fingerprint density at radius 3 is 2.88 bits per heavy atom. The van der Waals surface area contributed by atoms with Crippen LogP contribution in [-0.4, -0.2) is 18.1 Å². The predicted molar refractivity (Wildman–Crippen MR) is 67.9 cm³/mol. The number of nitrogens with one attached hydrogen (secondary N) is 2. The molecule has 2 aromatic rings. The van der Waals surface area contributed by atoms with Crippen molar-refractivity contribution in [3.05, 3.63) is 35.5 Å². The van der Waals surface area contributed by atoms with Crippen molar-refractivity contribution in [2.75, 3.05) is 13.1 Å². The highest BCUT2D eigenvalue weighted by Crippen LogP contribution is 2.30. The number of fused-ring (bicyclic) bond motifs is 1. The maximum absolute atomic E-state index is 3.59. The van der Waals surface area contributed by atoms with Crippen molar-refractivity contribution >= 4 is 10.9 Å². The highest BCUT2D eigenvalue weighted by molar-refractivity contribution is 5.84. The molecule has 84 valence electrons. The molecule has 0 saturated carbocycles. The summed E-state index contributed by atoms with van der Waals surface area (Å²) in [7, 11) is 0. The van der Waals surface area contributed by atoms with Crippen molar-refractivity contribution in [1.29, 1.82) is 0 Å². The molecular weight excluding hydrogens is 196 g/mol. The number of aryl methyl sites for hydroxylation is 1. The number of rotatable bonds is 1. The number of aromatic amines is 1. The summed E-state index contributed by atoms with van der Waals surface area (Å²) in [5.41, 5.74) is 4.15. The molecule has 1 aromatic heterocycles. The second-order valence-corrected chi connectivity index (χ2v) is 4.75. The van der Waals surface area contributed by atoms with E-state index < -0.39 is 0 Å². The van der Waals surface area contributed by atoms with Crippen LogP contribution >= 0.6 is 0 Å². The van der Waals surface area contributed by atoms with Gasteiger partial charge >= 0.3 is 0 Å². The number of hydrogen-bond donors (Lipinski definition) is 2. The molecule has 2 N–H and O–H groups in total. The minimum absolute atomic E-state index is 0.668. The summed E-state index contributed by atoms with van der Waals surface area (Å²) in [6.45, 7) is 4.53. The minimum atomic E-state index is 0.668. The minimum Gasteiger partial charge on any atom is -0.358 e. The van der Waals surface area contributed by atoms with Crippen LogP contribution in [0.2, 0.25) is 0 Å². The number of hydrogen-bond acceptors (Lipinski definition) is 1. The van der Waals surface area contributed by atoms with Crippen LogP contribution in [-0.2, 0) is 0 Å². The normalized spacial score (nSPS) is 21.4. The quantitative estimate of drug-likeness (QED) is 0.750. The fourth-order valence-electron chi connectivity index (χ4n) is 2.81. The van der Waals surface area contributed by atoms with Gasteiger partial charge in [-0.25, -0.2) is 0 Å². The molecule has 1 aromatic carbocycles. The predicted octanol–water partition coefficient (Wildman–Crippen LogP) is 2.94. The maximum Gasteiger partial charge on any atom is 0.0458 e. The number of para-hydroxylation sites is 1. The third-order valence-electron chi connectivity index (χ3n) is 3.71. The molecule has 0 aliphatic carbocycles. The van der Waals surface area contributed by atoms with Gasteiger partial charge in [0.15, 0.2) is 0 Å². The monoisotopic (exact) mass is 214 g/mol. The second-order valence-electron chi connectivity index (χ2n) is 4.75. The van der Waals surface area contributed by atoms with Gasteiger partial charge in [-0.3, -0.25) is 0 Å².